The van der Waals surface area contributed by atoms with Crippen LogP contribution in [0.15, 0.2) is 59.5 Å². The van der Waals surface area contributed by atoms with Crippen LogP contribution in [0.1, 0.15) is 38.7 Å². The summed E-state index contributed by atoms with van der Waals surface area (Å²) in [5.41, 5.74) is 0.847. The molecule has 0 saturated carbocycles. The zero-order valence-corrected chi connectivity index (χ0v) is 18.6. The molecule has 0 saturated heterocycles. The van der Waals surface area contributed by atoms with Crippen molar-refractivity contribution in [2.75, 3.05) is 12.3 Å². The maximum atomic E-state index is 13.1. The van der Waals surface area contributed by atoms with Gasteiger partial charge in [-0.1, -0.05) is 61.8 Å². The average Bonchev–Trinajstić information content (AvgIpc) is 2.74. The first kappa shape index (κ1) is 23.3. The van der Waals surface area contributed by atoms with Crippen molar-refractivity contribution >= 4 is 35.2 Å². The van der Waals surface area contributed by atoms with Crippen LogP contribution >= 0.6 is 23.4 Å². The maximum absolute atomic E-state index is 13.1. The number of carbonyl (C=O) groups is 2. The first-order valence-corrected chi connectivity index (χ1v) is 11.4. The normalized spacial score (nSPS) is 11.7. The third-order valence-electron chi connectivity index (χ3n) is 4.56. The fourth-order valence-corrected chi connectivity index (χ4v) is 4.07. The highest BCUT2D eigenvalue weighted by Crippen LogP contribution is 2.22. The Morgan fingerprint density at radius 3 is 2.41 bits per heavy atom. The minimum atomic E-state index is -0.507. The molecule has 0 bridgehead atoms. The summed E-state index contributed by atoms with van der Waals surface area (Å²) < 4.78 is 0. The van der Waals surface area contributed by atoms with Gasteiger partial charge < -0.3 is 10.2 Å². The molecule has 0 aromatic heterocycles. The Balaban J connectivity index is 2.12. The van der Waals surface area contributed by atoms with Gasteiger partial charge in [0.15, 0.2) is 0 Å². The van der Waals surface area contributed by atoms with Crippen molar-refractivity contribution in [1.82, 2.24) is 10.2 Å². The monoisotopic (exact) mass is 432 g/mol. The lowest BCUT2D eigenvalue weighted by molar-refractivity contribution is -0.141. The Hall–Kier alpha value is -1.98. The smallest absolute Gasteiger partial charge is 0.242 e. The number of nitrogens with zero attached hydrogens (tertiary/aromatic N) is 1. The highest BCUT2D eigenvalue weighted by Gasteiger charge is 2.28. The quantitative estimate of drug-likeness (QED) is 0.499. The van der Waals surface area contributed by atoms with Gasteiger partial charge in [-0.3, -0.25) is 9.59 Å². The summed E-state index contributed by atoms with van der Waals surface area (Å²) in [4.78, 5) is 28.6. The number of halogens is 1. The Bertz CT molecular complexity index is 785. The van der Waals surface area contributed by atoms with Crippen molar-refractivity contribution < 1.29 is 9.59 Å². The average molecular weight is 433 g/mol. The lowest BCUT2D eigenvalue weighted by Gasteiger charge is -2.31. The molecule has 1 N–H and O–H groups in total. The van der Waals surface area contributed by atoms with Crippen molar-refractivity contribution in [3.63, 3.8) is 0 Å². The van der Waals surface area contributed by atoms with Crippen LogP contribution in [0.4, 0.5) is 0 Å². The number of carbonyl (C=O) groups excluding carboxylic acids is 2. The first-order valence-electron chi connectivity index (χ1n) is 10.0. The van der Waals surface area contributed by atoms with Crippen LogP contribution in [0.2, 0.25) is 5.02 Å². The van der Waals surface area contributed by atoms with Crippen LogP contribution in [0.3, 0.4) is 0 Å². The number of rotatable bonds is 11. The summed E-state index contributed by atoms with van der Waals surface area (Å²) >= 11 is 7.97. The number of thioether (sulfide) groups is 1. The molecule has 0 aliphatic carbocycles. The van der Waals surface area contributed by atoms with Gasteiger partial charge in [-0.25, -0.2) is 0 Å². The lowest BCUT2D eigenvalue weighted by atomic mass is 10.1. The molecule has 1 unspecified atom stereocenters. The Labute approximate surface area is 183 Å². The number of hydrogen-bond donors (Lipinski definition) is 1. The van der Waals surface area contributed by atoms with Crippen LogP contribution in [-0.2, 0) is 16.1 Å². The predicted molar refractivity (Wildman–Crippen MR) is 121 cm³/mol. The zero-order valence-electron chi connectivity index (χ0n) is 17.1. The fourth-order valence-electron chi connectivity index (χ4n) is 3.01. The number of benzene rings is 2. The summed E-state index contributed by atoms with van der Waals surface area (Å²) in [6.45, 7) is 4.87. The molecule has 2 rings (SSSR count). The van der Waals surface area contributed by atoms with E-state index in [0.717, 1.165) is 16.9 Å². The summed E-state index contributed by atoms with van der Waals surface area (Å²) in [6.07, 6.45) is 1.77. The van der Waals surface area contributed by atoms with E-state index in [2.05, 4.69) is 5.32 Å². The summed E-state index contributed by atoms with van der Waals surface area (Å²) in [6, 6.07) is 17.0. The minimum absolute atomic E-state index is 0.0353. The van der Waals surface area contributed by atoms with E-state index in [1.54, 1.807) is 16.7 Å². The molecule has 29 heavy (non-hydrogen) atoms. The highest BCUT2D eigenvalue weighted by atomic mass is 35.5. The molecular weight excluding hydrogens is 404 g/mol. The Morgan fingerprint density at radius 1 is 1.07 bits per heavy atom. The van der Waals surface area contributed by atoms with E-state index in [-0.39, 0.29) is 11.8 Å². The second-order valence-corrected chi connectivity index (χ2v) is 8.32. The van der Waals surface area contributed by atoms with Gasteiger partial charge >= 0.3 is 0 Å². The van der Waals surface area contributed by atoms with Gasteiger partial charge in [0.25, 0.3) is 0 Å². The lowest BCUT2D eigenvalue weighted by Crippen LogP contribution is -2.49. The molecule has 2 aromatic carbocycles. The Kier molecular flexibility index (Phi) is 10.1. The third-order valence-corrected chi connectivity index (χ3v) is 5.94. The van der Waals surface area contributed by atoms with E-state index in [1.807, 2.05) is 68.4 Å². The summed E-state index contributed by atoms with van der Waals surface area (Å²) in [5, 5.41) is 3.53. The first-order chi connectivity index (χ1) is 14.1. The van der Waals surface area contributed by atoms with E-state index < -0.39 is 6.04 Å². The van der Waals surface area contributed by atoms with Crippen molar-refractivity contribution in [1.29, 1.82) is 0 Å². The van der Waals surface area contributed by atoms with Gasteiger partial charge in [-0.15, -0.1) is 11.8 Å². The molecular formula is C23H29ClN2O2S. The SMILES string of the molecule is CCCNC(=O)C(CC)N(Cc1ccccc1Cl)C(=O)CCSc1ccccc1. The van der Waals surface area contributed by atoms with Gasteiger partial charge in [0, 0.05) is 35.2 Å². The largest absolute Gasteiger partial charge is 0.354 e. The van der Waals surface area contributed by atoms with Crippen LogP contribution in [0.25, 0.3) is 0 Å². The third kappa shape index (κ3) is 7.41. The molecule has 0 aliphatic rings. The molecule has 2 aromatic rings. The molecule has 2 amide bonds. The molecule has 0 aliphatic heterocycles. The van der Waals surface area contributed by atoms with Crippen molar-refractivity contribution in [2.45, 2.75) is 50.6 Å². The van der Waals surface area contributed by atoms with Gasteiger partial charge in [0.05, 0.1) is 0 Å². The Morgan fingerprint density at radius 2 is 1.76 bits per heavy atom. The number of hydrogen-bond acceptors (Lipinski definition) is 3. The molecule has 4 nitrogen and oxygen atoms in total. The van der Waals surface area contributed by atoms with Crippen molar-refractivity contribution in [3.05, 3.63) is 65.2 Å². The number of amides is 2. The standard InChI is InChI=1S/C23H29ClN2O2S/c1-3-15-25-23(28)21(4-2)26(17-18-10-8-9-13-20(18)24)22(27)14-16-29-19-11-6-5-7-12-19/h5-13,21H,3-4,14-17H2,1-2H3,(H,25,28). The molecule has 6 heteroatoms. The molecule has 0 spiro atoms. The molecule has 0 heterocycles. The molecule has 1 atom stereocenters. The summed E-state index contributed by atoms with van der Waals surface area (Å²) in [5.74, 6) is 0.520. The fraction of sp³-hybridized carbons (Fsp3) is 0.391. The van der Waals surface area contributed by atoms with Crippen LogP contribution < -0.4 is 5.32 Å². The maximum Gasteiger partial charge on any atom is 0.242 e. The number of nitrogens with one attached hydrogen (secondary N) is 1. The van der Waals surface area contributed by atoms with E-state index in [4.69, 9.17) is 11.6 Å². The van der Waals surface area contributed by atoms with Crippen LogP contribution in [0.5, 0.6) is 0 Å². The second kappa shape index (κ2) is 12.6. The van der Waals surface area contributed by atoms with Crippen LogP contribution in [-0.4, -0.2) is 35.1 Å². The molecule has 0 radical (unpaired) electrons. The second-order valence-electron chi connectivity index (χ2n) is 6.74. The highest BCUT2D eigenvalue weighted by molar-refractivity contribution is 7.99. The van der Waals surface area contributed by atoms with Gasteiger partial charge in [-0.2, -0.15) is 0 Å². The van der Waals surface area contributed by atoms with Gasteiger partial charge in [0.1, 0.15) is 6.04 Å². The van der Waals surface area contributed by atoms with E-state index in [0.29, 0.717) is 36.7 Å². The van der Waals surface area contributed by atoms with E-state index in [9.17, 15) is 9.59 Å². The van der Waals surface area contributed by atoms with Gasteiger partial charge in [-0.05, 0) is 36.6 Å². The summed E-state index contributed by atoms with van der Waals surface area (Å²) in [7, 11) is 0. The van der Waals surface area contributed by atoms with Crippen molar-refractivity contribution in [2.24, 2.45) is 0 Å². The molecule has 0 fully saturated rings. The topological polar surface area (TPSA) is 49.4 Å². The van der Waals surface area contributed by atoms with Crippen molar-refractivity contribution in [3.8, 4) is 0 Å². The van der Waals surface area contributed by atoms with E-state index in [1.165, 1.54) is 0 Å². The minimum Gasteiger partial charge on any atom is -0.354 e. The van der Waals surface area contributed by atoms with Crippen LogP contribution in [0, 0.1) is 0 Å². The van der Waals surface area contributed by atoms with Gasteiger partial charge in [0.2, 0.25) is 11.8 Å². The predicted octanol–water partition coefficient (Wildman–Crippen LogP) is 5.16. The van der Waals surface area contributed by atoms with E-state index >= 15 is 0 Å². The zero-order chi connectivity index (χ0) is 21.1. The molecule has 156 valence electrons.